The maximum Gasteiger partial charge on any atom is 0.471 e. The van der Waals surface area contributed by atoms with Gasteiger partial charge in [-0.2, -0.15) is 18.2 Å². The molecule has 1 amide bonds. The molecule has 0 atom stereocenters. The number of alkyl halides is 3. The highest BCUT2D eigenvalue weighted by Crippen LogP contribution is 2.29. The Bertz CT molecular complexity index is 635. The third-order valence-electron chi connectivity index (χ3n) is 2.40. The second kappa shape index (κ2) is 5.52. The molecule has 0 aliphatic carbocycles. The van der Waals surface area contributed by atoms with Crippen LogP contribution in [0.25, 0.3) is 11.4 Å². The van der Waals surface area contributed by atoms with Gasteiger partial charge in [-0.25, -0.2) is 5.01 Å². The number of halogens is 3. The predicted octanol–water partition coefficient (Wildman–Crippen LogP) is 1.96. The van der Waals surface area contributed by atoms with Crippen LogP contribution in [0.3, 0.4) is 0 Å². The first-order chi connectivity index (χ1) is 9.77. The lowest BCUT2D eigenvalue weighted by Gasteiger charge is -2.11. The summed E-state index contributed by atoms with van der Waals surface area (Å²) in [5.41, 5.74) is 3.21. The van der Waals surface area contributed by atoms with Crippen LogP contribution >= 0.6 is 0 Å². The van der Waals surface area contributed by atoms with E-state index < -0.39 is 12.1 Å². The van der Waals surface area contributed by atoms with Gasteiger partial charge in [-0.15, -0.1) is 0 Å². The highest BCUT2D eigenvalue weighted by Gasteiger charge is 2.38. The van der Waals surface area contributed by atoms with E-state index in [1.54, 1.807) is 14.1 Å². The smallest absolute Gasteiger partial charge is 0.329 e. The Labute approximate surface area is 117 Å². The summed E-state index contributed by atoms with van der Waals surface area (Å²) in [5, 5.41) is 4.74. The molecule has 9 heteroatoms. The predicted molar refractivity (Wildman–Crippen MR) is 65.9 cm³/mol. The summed E-state index contributed by atoms with van der Waals surface area (Å²) in [6.45, 7) is 0. The van der Waals surface area contributed by atoms with Crippen LogP contribution in [-0.4, -0.2) is 35.2 Å². The number of hydrogen-bond acceptors (Lipinski definition) is 5. The zero-order valence-electron chi connectivity index (χ0n) is 11.1. The Morgan fingerprint density at radius 3 is 2.33 bits per heavy atom. The quantitative estimate of drug-likeness (QED) is 0.877. The summed E-state index contributed by atoms with van der Waals surface area (Å²) in [6, 6.07) is 5.79. The number of nitrogens with one attached hydrogen (secondary N) is 1. The van der Waals surface area contributed by atoms with Gasteiger partial charge in [-0.05, 0) is 12.1 Å². The van der Waals surface area contributed by atoms with Crippen molar-refractivity contribution in [3.05, 3.63) is 35.7 Å². The number of rotatable bonds is 3. The molecule has 0 aliphatic rings. The fourth-order valence-electron chi connectivity index (χ4n) is 1.49. The molecule has 1 heterocycles. The molecule has 112 valence electrons. The van der Waals surface area contributed by atoms with E-state index in [-0.39, 0.29) is 11.7 Å². The Morgan fingerprint density at radius 1 is 1.24 bits per heavy atom. The summed E-state index contributed by atoms with van der Waals surface area (Å²) in [6.07, 6.45) is -4.68. The van der Waals surface area contributed by atoms with Gasteiger partial charge in [0.2, 0.25) is 5.82 Å². The Morgan fingerprint density at radius 2 is 1.86 bits per heavy atom. The number of nitrogens with zero attached hydrogens (tertiary/aromatic N) is 3. The fourth-order valence-corrected chi connectivity index (χ4v) is 1.49. The van der Waals surface area contributed by atoms with Crippen molar-refractivity contribution < 1.29 is 22.5 Å². The monoisotopic (exact) mass is 300 g/mol. The van der Waals surface area contributed by atoms with Crippen LogP contribution < -0.4 is 5.43 Å². The molecule has 1 N–H and O–H groups in total. The van der Waals surface area contributed by atoms with Crippen molar-refractivity contribution in [1.82, 2.24) is 20.6 Å². The van der Waals surface area contributed by atoms with E-state index in [0.717, 1.165) is 0 Å². The van der Waals surface area contributed by atoms with Gasteiger partial charge >= 0.3 is 12.1 Å². The highest BCUT2D eigenvalue weighted by atomic mass is 19.4. The van der Waals surface area contributed by atoms with Crippen molar-refractivity contribution in [2.75, 3.05) is 14.1 Å². The zero-order chi connectivity index (χ0) is 15.6. The van der Waals surface area contributed by atoms with Crippen molar-refractivity contribution in [2.24, 2.45) is 0 Å². The number of hydrogen-bond donors (Lipinski definition) is 1. The molecule has 1 aromatic heterocycles. The molecule has 0 saturated heterocycles. The first-order valence-electron chi connectivity index (χ1n) is 5.77. The van der Waals surface area contributed by atoms with Crippen LogP contribution in [0, 0.1) is 0 Å². The average Bonchev–Trinajstić information content (AvgIpc) is 2.87. The van der Waals surface area contributed by atoms with E-state index in [4.69, 9.17) is 0 Å². The summed E-state index contributed by atoms with van der Waals surface area (Å²) >= 11 is 0. The molecule has 0 bridgehead atoms. The van der Waals surface area contributed by atoms with E-state index in [1.807, 2.05) is 0 Å². The topological polar surface area (TPSA) is 71.3 Å². The largest absolute Gasteiger partial charge is 0.471 e. The molecule has 1 aromatic carbocycles. The lowest BCUT2D eigenvalue weighted by molar-refractivity contribution is -0.159. The van der Waals surface area contributed by atoms with Crippen molar-refractivity contribution in [1.29, 1.82) is 0 Å². The molecule has 0 spiro atoms. The Balaban J connectivity index is 2.19. The third kappa shape index (κ3) is 3.57. The van der Waals surface area contributed by atoms with Crippen molar-refractivity contribution >= 4 is 5.91 Å². The lowest BCUT2D eigenvalue weighted by Crippen LogP contribution is -2.36. The minimum Gasteiger partial charge on any atom is -0.329 e. The number of amides is 1. The van der Waals surface area contributed by atoms with Crippen LogP contribution in [0.1, 0.15) is 16.2 Å². The van der Waals surface area contributed by atoms with E-state index in [0.29, 0.717) is 11.1 Å². The maximum atomic E-state index is 12.4. The van der Waals surface area contributed by atoms with Crippen molar-refractivity contribution in [3.63, 3.8) is 0 Å². The van der Waals surface area contributed by atoms with E-state index in [9.17, 15) is 18.0 Å². The number of aromatic nitrogens is 2. The zero-order valence-corrected chi connectivity index (χ0v) is 11.1. The first kappa shape index (κ1) is 15.0. The molecule has 0 aliphatic heterocycles. The first-order valence-corrected chi connectivity index (χ1v) is 5.77. The Kier molecular flexibility index (Phi) is 3.94. The molecule has 0 saturated carbocycles. The van der Waals surface area contributed by atoms with Gasteiger partial charge in [-0.1, -0.05) is 17.3 Å². The standard InChI is InChI=1S/C12H11F3N4O2/c1-19(2)17-10(20)8-5-3-7(4-6-8)9-16-11(21-18-9)12(13,14)15/h3-6H,1-2H3,(H,17,20). The summed E-state index contributed by atoms with van der Waals surface area (Å²) in [4.78, 5) is 15.0. The average molecular weight is 300 g/mol. The van der Waals surface area contributed by atoms with Gasteiger partial charge in [-0.3, -0.25) is 10.2 Å². The Hall–Kier alpha value is -2.42. The van der Waals surface area contributed by atoms with Crippen LogP contribution in [0.5, 0.6) is 0 Å². The van der Waals surface area contributed by atoms with Crippen LogP contribution in [0.15, 0.2) is 28.8 Å². The SMILES string of the molecule is CN(C)NC(=O)c1ccc(-c2noc(C(F)(F)F)n2)cc1. The van der Waals surface area contributed by atoms with Gasteiger partial charge in [0.15, 0.2) is 0 Å². The van der Waals surface area contributed by atoms with Crippen LogP contribution in [-0.2, 0) is 6.18 Å². The van der Waals surface area contributed by atoms with Gasteiger partial charge in [0.1, 0.15) is 0 Å². The van der Waals surface area contributed by atoms with Gasteiger partial charge in [0.25, 0.3) is 5.91 Å². The van der Waals surface area contributed by atoms with E-state index >= 15 is 0 Å². The van der Waals surface area contributed by atoms with Gasteiger partial charge < -0.3 is 4.52 Å². The normalized spacial score (nSPS) is 11.7. The molecule has 2 aromatic rings. The van der Waals surface area contributed by atoms with Crippen molar-refractivity contribution in [2.45, 2.75) is 6.18 Å². The molecule has 21 heavy (non-hydrogen) atoms. The molecule has 0 radical (unpaired) electrons. The summed E-state index contributed by atoms with van der Waals surface area (Å²) < 4.78 is 41.2. The maximum absolute atomic E-state index is 12.4. The third-order valence-corrected chi connectivity index (χ3v) is 2.40. The van der Waals surface area contributed by atoms with Gasteiger partial charge in [0, 0.05) is 25.2 Å². The van der Waals surface area contributed by atoms with E-state index in [2.05, 4.69) is 20.1 Å². The van der Waals surface area contributed by atoms with Gasteiger partial charge in [0.05, 0.1) is 0 Å². The molecule has 6 nitrogen and oxygen atoms in total. The molecule has 0 fully saturated rings. The van der Waals surface area contributed by atoms with Crippen molar-refractivity contribution in [3.8, 4) is 11.4 Å². The summed E-state index contributed by atoms with van der Waals surface area (Å²) in [5.74, 6) is -1.94. The minimum atomic E-state index is -4.68. The number of carbonyl (C=O) groups excluding carboxylic acids is 1. The molecular weight excluding hydrogens is 289 g/mol. The second-order valence-electron chi connectivity index (χ2n) is 4.33. The van der Waals surface area contributed by atoms with Crippen LogP contribution in [0.4, 0.5) is 13.2 Å². The fraction of sp³-hybridized carbons (Fsp3) is 0.250. The number of benzene rings is 1. The molecule has 2 rings (SSSR count). The number of hydrazine groups is 1. The second-order valence-corrected chi connectivity index (χ2v) is 4.33. The summed E-state index contributed by atoms with van der Waals surface area (Å²) in [7, 11) is 3.31. The molecule has 0 unspecified atom stereocenters. The van der Waals surface area contributed by atoms with Crippen LogP contribution in [0.2, 0.25) is 0 Å². The van der Waals surface area contributed by atoms with E-state index in [1.165, 1.54) is 29.3 Å². The molecular formula is C12H11F3N4O2. The number of carbonyl (C=O) groups is 1. The lowest BCUT2D eigenvalue weighted by atomic mass is 10.1. The minimum absolute atomic E-state index is 0.193. The highest BCUT2D eigenvalue weighted by molar-refractivity contribution is 5.94.